The molecule has 37 heavy (non-hydrogen) atoms. The molecule has 190 valence electrons. The van der Waals surface area contributed by atoms with Crippen molar-refractivity contribution in [2.75, 3.05) is 16.6 Å². The number of amides is 2. The van der Waals surface area contributed by atoms with E-state index in [1.165, 1.54) is 47.5 Å². The lowest BCUT2D eigenvalue weighted by molar-refractivity contribution is -0.384. The molecule has 12 heteroatoms. The third-order valence-corrected chi connectivity index (χ3v) is 6.80. The number of carbonyl (C=O) groups is 2. The monoisotopic (exact) mass is 571 g/mol. The van der Waals surface area contributed by atoms with Gasteiger partial charge in [0.2, 0.25) is 5.91 Å². The van der Waals surface area contributed by atoms with E-state index in [4.69, 9.17) is 9.57 Å². The Labute approximate surface area is 218 Å². The van der Waals surface area contributed by atoms with Gasteiger partial charge in [-0.05, 0) is 58.7 Å². The zero-order valence-corrected chi connectivity index (χ0v) is 20.8. The molecule has 2 saturated heterocycles. The normalized spacial score (nSPS) is 20.9. The molecular formula is C25H19BrFN3O7. The number of fused-ring (bicyclic) bond motifs is 1. The molecule has 0 aromatic heterocycles. The number of phenolic OH excluding ortho intramolecular Hbond substituents is 1. The van der Waals surface area contributed by atoms with E-state index in [-0.39, 0.29) is 39.6 Å². The minimum absolute atomic E-state index is 0.122. The van der Waals surface area contributed by atoms with E-state index in [1.54, 1.807) is 19.1 Å². The number of phenols is 1. The van der Waals surface area contributed by atoms with Gasteiger partial charge in [-0.2, -0.15) is 0 Å². The van der Waals surface area contributed by atoms with Crippen LogP contribution in [0.5, 0.6) is 11.5 Å². The Balaban J connectivity index is 1.65. The number of hydroxylamine groups is 1. The molecule has 3 atom stereocenters. The van der Waals surface area contributed by atoms with Gasteiger partial charge in [0, 0.05) is 12.1 Å². The van der Waals surface area contributed by atoms with Crippen molar-refractivity contribution in [3.8, 4) is 11.5 Å². The molecule has 10 nitrogen and oxygen atoms in total. The molecule has 0 spiro atoms. The molecule has 0 radical (unpaired) electrons. The minimum Gasteiger partial charge on any atom is -0.503 e. The number of hydrogen-bond donors (Lipinski definition) is 1. The highest BCUT2D eigenvalue weighted by Gasteiger charge is 2.60. The maximum absolute atomic E-state index is 14.6. The summed E-state index contributed by atoms with van der Waals surface area (Å²) in [5.74, 6) is -3.37. The number of benzene rings is 3. The van der Waals surface area contributed by atoms with Crippen molar-refractivity contribution in [2.45, 2.75) is 19.1 Å². The van der Waals surface area contributed by atoms with Gasteiger partial charge in [0.05, 0.1) is 33.4 Å². The van der Waals surface area contributed by atoms with Crippen molar-refractivity contribution in [3.05, 3.63) is 86.6 Å². The Kier molecular flexibility index (Phi) is 6.30. The first-order valence-electron chi connectivity index (χ1n) is 11.2. The Bertz CT molecular complexity index is 1440. The van der Waals surface area contributed by atoms with Crippen LogP contribution in [0.3, 0.4) is 0 Å². The quantitative estimate of drug-likeness (QED) is 0.257. The predicted molar refractivity (Wildman–Crippen MR) is 133 cm³/mol. The molecule has 2 aliphatic rings. The number of aromatic hydroxyl groups is 1. The van der Waals surface area contributed by atoms with Crippen LogP contribution in [-0.2, 0) is 14.4 Å². The Morgan fingerprint density at radius 3 is 2.59 bits per heavy atom. The van der Waals surface area contributed by atoms with Crippen LogP contribution in [-0.4, -0.2) is 34.6 Å². The van der Waals surface area contributed by atoms with Gasteiger partial charge in [-0.3, -0.25) is 24.5 Å². The number of ether oxygens (including phenoxy) is 1. The summed E-state index contributed by atoms with van der Waals surface area (Å²) in [6.07, 6.45) is -1.32. The number of non-ortho nitro benzene ring substituents is 1. The number of nitrogens with zero attached hydrogens (tertiary/aromatic N) is 3. The molecule has 0 aliphatic carbocycles. The first-order chi connectivity index (χ1) is 17.7. The molecule has 3 aromatic carbocycles. The number of nitro benzene ring substituents is 1. The number of imide groups is 1. The van der Waals surface area contributed by atoms with Crippen molar-refractivity contribution in [3.63, 3.8) is 0 Å². The lowest BCUT2D eigenvalue weighted by atomic mass is 9.90. The second-order valence-electron chi connectivity index (χ2n) is 8.35. The highest BCUT2D eigenvalue weighted by atomic mass is 79.9. The van der Waals surface area contributed by atoms with E-state index >= 15 is 0 Å². The molecule has 2 heterocycles. The highest BCUT2D eigenvalue weighted by molar-refractivity contribution is 9.10. The van der Waals surface area contributed by atoms with Crippen molar-refractivity contribution in [1.29, 1.82) is 0 Å². The lowest BCUT2D eigenvalue weighted by Gasteiger charge is -2.29. The number of nitro groups is 1. The molecule has 5 rings (SSSR count). The number of halogens is 2. The number of anilines is 2. The summed E-state index contributed by atoms with van der Waals surface area (Å²) in [4.78, 5) is 44.6. The van der Waals surface area contributed by atoms with E-state index < -0.39 is 40.6 Å². The van der Waals surface area contributed by atoms with E-state index in [1.807, 2.05) is 0 Å². The maximum Gasteiger partial charge on any atom is 0.271 e. The van der Waals surface area contributed by atoms with Crippen LogP contribution in [0.25, 0.3) is 0 Å². The summed E-state index contributed by atoms with van der Waals surface area (Å²) < 4.78 is 20.4. The second-order valence-corrected chi connectivity index (χ2v) is 9.20. The molecule has 0 unspecified atom stereocenters. The van der Waals surface area contributed by atoms with Crippen LogP contribution in [0.4, 0.5) is 21.5 Å². The van der Waals surface area contributed by atoms with Crippen molar-refractivity contribution < 1.29 is 33.6 Å². The smallest absolute Gasteiger partial charge is 0.271 e. The number of para-hydroxylation sites is 1. The Morgan fingerprint density at radius 2 is 1.89 bits per heavy atom. The second kappa shape index (κ2) is 9.45. The van der Waals surface area contributed by atoms with Crippen LogP contribution in [0.15, 0.2) is 65.1 Å². The summed E-state index contributed by atoms with van der Waals surface area (Å²) in [6.45, 7) is 1.97. The molecule has 3 aromatic rings. The van der Waals surface area contributed by atoms with Gasteiger partial charge >= 0.3 is 0 Å². The van der Waals surface area contributed by atoms with Gasteiger partial charge in [0.15, 0.2) is 17.6 Å². The molecule has 1 N–H and O–H groups in total. The van der Waals surface area contributed by atoms with Gasteiger partial charge in [0.1, 0.15) is 11.7 Å². The van der Waals surface area contributed by atoms with Crippen molar-refractivity contribution in [2.24, 2.45) is 5.92 Å². The molecule has 2 amide bonds. The standard InChI is InChI=1S/C25H19BrFN3O7/c1-2-36-19-11-13(10-16(26)22(19)31)21-20-23(37-29(21)14-6-5-7-15(12-14)30(34)35)25(33)28(24(20)32)18-9-4-3-8-17(18)27/h3-12,20-21,23,31H,2H2,1H3/t20-,21-,23-/m0/s1. The van der Waals surface area contributed by atoms with Gasteiger partial charge in [-0.15, -0.1) is 0 Å². The maximum atomic E-state index is 14.6. The average Bonchev–Trinajstić information content (AvgIpc) is 3.38. The highest BCUT2D eigenvalue weighted by Crippen LogP contribution is 2.50. The van der Waals surface area contributed by atoms with Crippen molar-refractivity contribution in [1.82, 2.24) is 0 Å². The van der Waals surface area contributed by atoms with Crippen LogP contribution < -0.4 is 14.7 Å². The largest absolute Gasteiger partial charge is 0.503 e. The number of hydrogen-bond acceptors (Lipinski definition) is 8. The zero-order chi connectivity index (χ0) is 26.4. The first kappa shape index (κ1) is 24.7. The van der Waals surface area contributed by atoms with Crippen LogP contribution in [0.2, 0.25) is 0 Å². The molecule has 2 aliphatic heterocycles. The van der Waals surface area contributed by atoms with Gasteiger partial charge in [0.25, 0.3) is 11.6 Å². The summed E-state index contributed by atoms with van der Waals surface area (Å²) in [6, 6.07) is 13.1. The third kappa shape index (κ3) is 4.07. The number of rotatable bonds is 6. The van der Waals surface area contributed by atoms with Crippen LogP contribution >= 0.6 is 15.9 Å². The summed E-state index contributed by atoms with van der Waals surface area (Å²) >= 11 is 3.29. The fourth-order valence-electron chi connectivity index (χ4n) is 4.62. The van der Waals surface area contributed by atoms with Crippen molar-refractivity contribution >= 4 is 44.8 Å². The van der Waals surface area contributed by atoms with Gasteiger partial charge < -0.3 is 9.84 Å². The first-order valence-corrected chi connectivity index (χ1v) is 12.0. The Morgan fingerprint density at radius 1 is 1.14 bits per heavy atom. The summed E-state index contributed by atoms with van der Waals surface area (Å²) in [5, 5.41) is 23.1. The fraction of sp³-hybridized carbons (Fsp3) is 0.200. The topological polar surface area (TPSA) is 122 Å². The lowest BCUT2D eigenvalue weighted by Crippen LogP contribution is -2.37. The summed E-state index contributed by atoms with van der Waals surface area (Å²) in [5.41, 5.74) is 0.236. The average molecular weight is 572 g/mol. The molecule has 0 saturated carbocycles. The van der Waals surface area contributed by atoms with Gasteiger partial charge in [-0.25, -0.2) is 14.4 Å². The predicted octanol–water partition coefficient (Wildman–Crippen LogP) is 4.65. The van der Waals surface area contributed by atoms with E-state index in [9.17, 15) is 29.2 Å². The summed E-state index contributed by atoms with van der Waals surface area (Å²) in [7, 11) is 0. The molecule has 2 fully saturated rings. The van der Waals surface area contributed by atoms with Crippen LogP contribution in [0.1, 0.15) is 18.5 Å². The van der Waals surface area contributed by atoms with E-state index in [2.05, 4.69) is 15.9 Å². The molecule has 0 bridgehead atoms. The third-order valence-electron chi connectivity index (χ3n) is 6.20. The zero-order valence-electron chi connectivity index (χ0n) is 19.2. The molecular weight excluding hydrogens is 553 g/mol. The van der Waals surface area contributed by atoms with Gasteiger partial charge in [-0.1, -0.05) is 18.2 Å². The van der Waals surface area contributed by atoms with Crippen LogP contribution in [0, 0.1) is 21.8 Å². The SMILES string of the molecule is CCOc1cc([C@H]2[C@@H]3C(=O)N(c4ccccc4F)C(=O)[C@H]3ON2c2cccc([N+](=O)[O-])c2)cc(Br)c1O. The minimum atomic E-state index is -1.32. The Hall–Kier alpha value is -4.03. The fourth-order valence-corrected chi connectivity index (χ4v) is 5.08. The van der Waals surface area contributed by atoms with E-state index in [0.29, 0.717) is 5.56 Å². The number of carbonyl (C=O) groups excluding carboxylic acids is 2. The van der Waals surface area contributed by atoms with E-state index in [0.717, 1.165) is 11.0 Å².